The third-order valence-corrected chi connectivity index (χ3v) is 7.50. The second kappa shape index (κ2) is 6.11. The highest BCUT2D eigenvalue weighted by Crippen LogP contribution is 2.38. The van der Waals surface area contributed by atoms with E-state index in [0.717, 1.165) is 29.4 Å². The van der Waals surface area contributed by atoms with Crippen LogP contribution < -0.4 is 19.8 Å². The molecule has 4 aromatic carbocycles. The molecule has 0 atom stereocenters. The zero-order valence-electron chi connectivity index (χ0n) is 15.3. The fourth-order valence-corrected chi connectivity index (χ4v) is 5.85. The first-order valence-corrected chi connectivity index (χ1v) is 11.0. The van der Waals surface area contributed by atoms with Crippen LogP contribution in [-0.2, 0) is 6.42 Å². The number of fused-ring (bicyclic) bond motifs is 4. The van der Waals surface area contributed by atoms with E-state index in [2.05, 4.69) is 66.7 Å². The highest BCUT2D eigenvalue weighted by molar-refractivity contribution is 6.69. The van der Waals surface area contributed by atoms with Crippen LogP contribution >= 0.6 is 0 Å². The molecular weight excluding hydrogens is 360 g/mol. The Morgan fingerprint density at radius 2 is 1.18 bits per heavy atom. The van der Waals surface area contributed by atoms with Gasteiger partial charge in [-0.25, -0.2) is 0 Å². The summed E-state index contributed by atoms with van der Waals surface area (Å²) in [7, 11) is -0.526. The molecule has 0 saturated heterocycles. The van der Waals surface area contributed by atoms with Crippen molar-refractivity contribution < 1.29 is 9.47 Å². The number of hydrogen-bond acceptors (Lipinski definition) is 2. The summed E-state index contributed by atoms with van der Waals surface area (Å²) in [5.41, 5.74) is 4.97. The predicted molar refractivity (Wildman–Crippen MR) is 116 cm³/mol. The van der Waals surface area contributed by atoms with Gasteiger partial charge in [-0.15, -0.1) is 0 Å². The fraction of sp³-hybridized carbons (Fsp3) is 0.0400. The third-order valence-electron chi connectivity index (χ3n) is 5.60. The van der Waals surface area contributed by atoms with Crippen molar-refractivity contribution in [3.05, 3.63) is 96.1 Å². The molecule has 2 aliphatic rings. The van der Waals surface area contributed by atoms with Gasteiger partial charge in [0.25, 0.3) is 0 Å². The van der Waals surface area contributed by atoms with Gasteiger partial charge in [0, 0.05) is 6.42 Å². The molecule has 0 aromatic heterocycles. The summed E-state index contributed by atoms with van der Waals surface area (Å²) in [4.78, 5) is 0. The van der Waals surface area contributed by atoms with Crippen LogP contribution in [0.3, 0.4) is 0 Å². The van der Waals surface area contributed by atoms with Gasteiger partial charge in [0.05, 0.1) is 9.52 Å². The van der Waals surface area contributed by atoms with E-state index in [1.807, 2.05) is 18.2 Å². The molecule has 2 aliphatic heterocycles. The normalized spacial score (nSPS) is 14.1. The second-order valence-corrected chi connectivity index (χ2v) is 9.30. The summed E-state index contributed by atoms with van der Waals surface area (Å²) >= 11 is 0. The van der Waals surface area contributed by atoms with Crippen LogP contribution in [0.1, 0.15) is 11.1 Å². The monoisotopic (exact) mass is 378 g/mol. The molecule has 0 radical (unpaired) electrons. The fourth-order valence-electron chi connectivity index (χ4n) is 4.14. The van der Waals surface area contributed by atoms with E-state index >= 15 is 0 Å². The average Bonchev–Trinajstić information content (AvgIpc) is 2.75. The molecule has 0 spiro atoms. The number of benzene rings is 4. The molecule has 0 amide bonds. The van der Waals surface area contributed by atoms with Crippen molar-refractivity contribution in [3.8, 4) is 34.1 Å². The molecule has 2 nitrogen and oxygen atoms in total. The van der Waals surface area contributed by atoms with Crippen molar-refractivity contribution in [2.75, 3.05) is 0 Å². The van der Waals surface area contributed by atoms with E-state index in [1.165, 1.54) is 32.6 Å². The summed E-state index contributed by atoms with van der Waals surface area (Å²) in [5, 5.41) is 2.75. The molecular formula is C25H18O2Si. The largest absolute Gasteiger partial charge is 0.458 e. The molecule has 0 aliphatic carbocycles. The Labute approximate surface area is 166 Å². The van der Waals surface area contributed by atoms with Gasteiger partial charge >= 0.3 is 0 Å². The lowest BCUT2D eigenvalue weighted by atomic mass is 9.96. The maximum Gasteiger partial charge on any atom is 0.131 e. The lowest BCUT2D eigenvalue weighted by Crippen LogP contribution is -2.33. The Bertz CT molecular complexity index is 1130. The Morgan fingerprint density at radius 3 is 2.11 bits per heavy atom. The number of ether oxygens (including phenoxy) is 2. The van der Waals surface area contributed by atoms with Crippen LogP contribution in [0, 0.1) is 0 Å². The maximum absolute atomic E-state index is 6.11. The van der Waals surface area contributed by atoms with Crippen molar-refractivity contribution in [1.29, 1.82) is 0 Å². The van der Waals surface area contributed by atoms with Crippen LogP contribution in [0.5, 0.6) is 23.0 Å². The molecule has 0 bridgehead atoms. The summed E-state index contributed by atoms with van der Waals surface area (Å²) < 4.78 is 12.2. The summed E-state index contributed by atoms with van der Waals surface area (Å²) in [6.07, 6.45) is 0.912. The summed E-state index contributed by atoms with van der Waals surface area (Å²) in [6.45, 7) is 0. The lowest BCUT2D eigenvalue weighted by molar-refractivity contribution is 0.460. The van der Waals surface area contributed by atoms with Crippen LogP contribution in [0.4, 0.5) is 0 Å². The van der Waals surface area contributed by atoms with Crippen LogP contribution in [0.25, 0.3) is 11.1 Å². The minimum Gasteiger partial charge on any atom is -0.458 e. The standard InChI is InChI=1S/C25H18O2Si/c1-2-6-20-18(5-1)14-19-13-16(9-11-21(19)26-20)17-10-12-23-25(15-17)28-24-8-4-3-7-22(24)27-23/h1-13,15H,14,28H2. The SMILES string of the molecule is c1ccc2c(c1)Cc1cc(-c3ccc4c(c3)[SiH2]c3ccccc3O4)ccc1O2. The van der Waals surface area contributed by atoms with E-state index in [-0.39, 0.29) is 0 Å². The third kappa shape index (κ3) is 2.55. The van der Waals surface area contributed by atoms with Crippen molar-refractivity contribution in [2.24, 2.45) is 0 Å². The predicted octanol–water partition coefficient (Wildman–Crippen LogP) is 4.28. The number of hydrogen-bond donors (Lipinski definition) is 0. The molecule has 4 aromatic rings. The van der Waals surface area contributed by atoms with Gasteiger partial charge in [0.15, 0.2) is 0 Å². The first-order chi connectivity index (χ1) is 13.8. The van der Waals surface area contributed by atoms with Crippen molar-refractivity contribution >= 4 is 19.9 Å². The first kappa shape index (κ1) is 15.7. The number of rotatable bonds is 1. The Balaban J connectivity index is 1.36. The van der Waals surface area contributed by atoms with E-state index in [0.29, 0.717) is 0 Å². The van der Waals surface area contributed by atoms with Crippen LogP contribution in [0.15, 0.2) is 84.9 Å². The minimum atomic E-state index is -0.526. The highest BCUT2D eigenvalue weighted by Gasteiger charge is 2.19. The molecule has 2 heterocycles. The van der Waals surface area contributed by atoms with Gasteiger partial charge in [-0.1, -0.05) is 54.6 Å². The van der Waals surface area contributed by atoms with Gasteiger partial charge in [0.1, 0.15) is 23.0 Å². The van der Waals surface area contributed by atoms with Gasteiger partial charge in [-0.2, -0.15) is 0 Å². The molecule has 134 valence electrons. The lowest BCUT2D eigenvalue weighted by Gasteiger charge is -2.22. The zero-order chi connectivity index (χ0) is 18.5. The van der Waals surface area contributed by atoms with Crippen molar-refractivity contribution in [2.45, 2.75) is 6.42 Å². The van der Waals surface area contributed by atoms with Crippen LogP contribution in [0.2, 0.25) is 0 Å². The summed E-state index contributed by atoms with van der Waals surface area (Å²) in [5.74, 6) is 3.98. The molecule has 0 saturated carbocycles. The van der Waals surface area contributed by atoms with E-state index in [1.54, 1.807) is 0 Å². The average molecular weight is 379 g/mol. The Morgan fingerprint density at radius 1 is 0.536 bits per heavy atom. The molecule has 3 heteroatoms. The highest BCUT2D eigenvalue weighted by atomic mass is 28.2. The second-order valence-electron chi connectivity index (χ2n) is 7.42. The van der Waals surface area contributed by atoms with Gasteiger partial charge in [0.2, 0.25) is 0 Å². The van der Waals surface area contributed by atoms with Crippen LogP contribution in [-0.4, -0.2) is 9.52 Å². The molecule has 0 fully saturated rings. The van der Waals surface area contributed by atoms with Crippen molar-refractivity contribution in [3.63, 3.8) is 0 Å². The maximum atomic E-state index is 6.11. The summed E-state index contributed by atoms with van der Waals surface area (Å²) in [6, 6.07) is 29.8. The van der Waals surface area contributed by atoms with E-state index in [9.17, 15) is 0 Å². The number of para-hydroxylation sites is 2. The smallest absolute Gasteiger partial charge is 0.131 e. The molecule has 28 heavy (non-hydrogen) atoms. The quantitative estimate of drug-likeness (QED) is 0.398. The minimum absolute atomic E-state index is 0.526. The molecule has 6 rings (SSSR count). The topological polar surface area (TPSA) is 18.5 Å². The molecule has 0 unspecified atom stereocenters. The van der Waals surface area contributed by atoms with Crippen molar-refractivity contribution in [1.82, 2.24) is 0 Å². The Kier molecular flexibility index (Phi) is 3.43. The van der Waals surface area contributed by atoms with Gasteiger partial charge in [-0.3, -0.25) is 0 Å². The first-order valence-electron chi connectivity index (χ1n) is 9.61. The van der Waals surface area contributed by atoms with E-state index < -0.39 is 9.52 Å². The van der Waals surface area contributed by atoms with E-state index in [4.69, 9.17) is 9.47 Å². The zero-order valence-corrected chi connectivity index (χ0v) is 16.7. The Hall–Kier alpha value is -3.30. The molecule has 0 N–H and O–H groups in total. The van der Waals surface area contributed by atoms with Gasteiger partial charge < -0.3 is 9.47 Å². The van der Waals surface area contributed by atoms with Gasteiger partial charge in [-0.05, 0) is 63.0 Å².